The van der Waals surface area contributed by atoms with E-state index >= 15 is 0 Å². The molecule has 1 fully saturated rings. The first-order valence-electron chi connectivity index (χ1n) is 6.17. The van der Waals surface area contributed by atoms with Gasteiger partial charge in [0.2, 0.25) is 5.91 Å². The Balaban J connectivity index is 2.00. The van der Waals surface area contributed by atoms with E-state index in [4.69, 9.17) is 5.73 Å². The van der Waals surface area contributed by atoms with E-state index in [2.05, 4.69) is 15.3 Å². The molecule has 0 spiro atoms. The molecule has 1 aliphatic heterocycles. The van der Waals surface area contributed by atoms with E-state index in [-0.39, 0.29) is 11.8 Å². The SMILES string of the molecule is CC1C(=O)NCCN1C(=O)c1sc2nccnc2c1N. The third-order valence-corrected chi connectivity index (χ3v) is 4.41. The Morgan fingerprint density at radius 1 is 1.50 bits per heavy atom. The molecule has 0 aromatic carbocycles. The molecule has 8 heteroatoms. The van der Waals surface area contributed by atoms with Crippen molar-refractivity contribution in [3.05, 3.63) is 17.3 Å². The Morgan fingerprint density at radius 2 is 2.25 bits per heavy atom. The number of nitrogens with zero attached hydrogens (tertiary/aromatic N) is 3. The van der Waals surface area contributed by atoms with Crippen LogP contribution in [0, 0.1) is 0 Å². The number of nitrogens with one attached hydrogen (secondary N) is 1. The molecule has 20 heavy (non-hydrogen) atoms. The summed E-state index contributed by atoms with van der Waals surface area (Å²) >= 11 is 1.21. The van der Waals surface area contributed by atoms with E-state index in [1.165, 1.54) is 22.4 Å². The number of hydrogen-bond donors (Lipinski definition) is 2. The van der Waals surface area contributed by atoms with Gasteiger partial charge < -0.3 is 16.0 Å². The van der Waals surface area contributed by atoms with Gasteiger partial charge in [0.25, 0.3) is 5.91 Å². The van der Waals surface area contributed by atoms with E-state index < -0.39 is 6.04 Å². The molecule has 1 unspecified atom stereocenters. The Kier molecular flexibility index (Phi) is 3.01. The zero-order valence-corrected chi connectivity index (χ0v) is 11.6. The average Bonchev–Trinajstić information content (AvgIpc) is 2.79. The van der Waals surface area contributed by atoms with E-state index in [9.17, 15) is 9.59 Å². The molecule has 2 amide bonds. The third kappa shape index (κ3) is 1.88. The molecule has 3 rings (SSSR count). The minimum atomic E-state index is -0.498. The second-order valence-corrected chi connectivity index (χ2v) is 5.52. The van der Waals surface area contributed by atoms with Crippen LogP contribution < -0.4 is 11.1 Å². The van der Waals surface area contributed by atoms with Gasteiger partial charge in [-0.25, -0.2) is 9.97 Å². The fraction of sp³-hybridized carbons (Fsp3) is 0.333. The van der Waals surface area contributed by atoms with Crippen molar-refractivity contribution < 1.29 is 9.59 Å². The fourth-order valence-corrected chi connectivity index (χ4v) is 3.17. The summed E-state index contributed by atoms with van der Waals surface area (Å²) in [6.45, 7) is 2.63. The number of piperazine rings is 1. The van der Waals surface area contributed by atoms with Crippen molar-refractivity contribution in [3.8, 4) is 0 Å². The Morgan fingerprint density at radius 3 is 3.00 bits per heavy atom. The van der Waals surface area contributed by atoms with Gasteiger partial charge in [-0.15, -0.1) is 11.3 Å². The first kappa shape index (κ1) is 12.8. The van der Waals surface area contributed by atoms with Crippen molar-refractivity contribution in [3.63, 3.8) is 0 Å². The molecular formula is C12H13N5O2S. The minimum absolute atomic E-state index is 0.152. The highest BCUT2D eigenvalue weighted by Crippen LogP contribution is 2.31. The topological polar surface area (TPSA) is 101 Å². The molecule has 3 heterocycles. The Bertz CT molecular complexity index is 698. The van der Waals surface area contributed by atoms with E-state index in [0.29, 0.717) is 34.0 Å². The van der Waals surface area contributed by atoms with Gasteiger partial charge in [-0.05, 0) is 6.92 Å². The molecule has 1 saturated heterocycles. The number of carbonyl (C=O) groups is 2. The van der Waals surface area contributed by atoms with Crippen LogP contribution in [0.25, 0.3) is 10.3 Å². The smallest absolute Gasteiger partial charge is 0.266 e. The summed E-state index contributed by atoms with van der Waals surface area (Å²) in [7, 11) is 0. The molecule has 2 aromatic heterocycles. The van der Waals surface area contributed by atoms with E-state index in [1.54, 1.807) is 13.1 Å². The monoisotopic (exact) mass is 291 g/mol. The molecule has 0 aliphatic carbocycles. The lowest BCUT2D eigenvalue weighted by Crippen LogP contribution is -2.55. The van der Waals surface area contributed by atoms with Crippen LogP contribution in [0.1, 0.15) is 16.6 Å². The van der Waals surface area contributed by atoms with Gasteiger partial charge in [0.05, 0.1) is 5.69 Å². The number of fused-ring (bicyclic) bond motifs is 1. The molecule has 7 nitrogen and oxygen atoms in total. The number of carbonyl (C=O) groups excluding carboxylic acids is 2. The van der Waals surface area contributed by atoms with E-state index in [0.717, 1.165) is 0 Å². The number of aromatic nitrogens is 2. The van der Waals surface area contributed by atoms with Crippen LogP contribution in [0.5, 0.6) is 0 Å². The van der Waals surface area contributed by atoms with Crippen molar-refractivity contribution in [2.75, 3.05) is 18.8 Å². The summed E-state index contributed by atoms with van der Waals surface area (Å²) in [5, 5.41) is 2.72. The molecule has 104 valence electrons. The van der Waals surface area contributed by atoms with Gasteiger partial charge in [0.15, 0.2) is 0 Å². The van der Waals surface area contributed by atoms with Crippen molar-refractivity contribution in [2.45, 2.75) is 13.0 Å². The summed E-state index contributed by atoms with van der Waals surface area (Å²) in [6.07, 6.45) is 3.10. The van der Waals surface area contributed by atoms with Gasteiger partial charge in [-0.2, -0.15) is 0 Å². The summed E-state index contributed by atoms with van der Waals surface area (Å²) in [6, 6.07) is -0.498. The van der Waals surface area contributed by atoms with Crippen molar-refractivity contribution in [2.24, 2.45) is 0 Å². The van der Waals surface area contributed by atoms with Gasteiger partial charge in [-0.1, -0.05) is 0 Å². The van der Waals surface area contributed by atoms with E-state index in [1.807, 2.05) is 0 Å². The number of hydrogen-bond acceptors (Lipinski definition) is 6. The molecule has 2 aromatic rings. The molecule has 0 bridgehead atoms. The molecule has 3 N–H and O–H groups in total. The maximum atomic E-state index is 12.6. The van der Waals surface area contributed by atoms with Crippen LogP contribution in [0.3, 0.4) is 0 Å². The van der Waals surface area contributed by atoms with Crippen LogP contribution in [0.4, 0.5) is 5.69 Å². The zero-order valence-electron chi connectivity index (χ0n) is 10.8. The van der Waals surface area contributed by atoms with Gasteiger partial charge in [0, 0.05) is 25.5 Å². The zero-order chi connectivity index (χ0) is 14.3. The van der Waals surface area contributed by atoms with Crippen molar-refractivity contribution in [1.82, 2.24) is 20.2 Å². The third-order valence-electron chi connectivity index (χ3n) is 3.32. The van der Waals surface area contributed by atoms with Crippen LogP contribution in [-0.2, 0) is 4.79 Å². The molecular weight excluding hydrogens is 278 g/mol. The second-order valence-electron chi connectivity index (χ2n) is 4.52. The van der Waals surface area contributed by atoms with Gasteiger partial charge in [-0.3, -0.25) is 9.59 Å². The first-order chi connectivity index (χ1) is 9.59. The lowest BCUT2D eigenvalue weighted by Gasteiger charge is -2.32. The molecule has 0 saturated carbocycles. The van der Waals surface area contributed by atoms with Crippen molar-refractivity contribution in [1.29, 1.82) is 0 Å². The second kappa shape index (κ2) is 4.71. The normalized spacial score (nSPS) is 19.1. The number of anilines is 1. The standard InChI is InChI=1S/C12H13N5O2S/c1-6-10(18)15-4-5-17(6)12(19)9-7(13)8-11(20-9)16-3-2-14-8/h2-3,6H,4-5,13H2,1H3,(H,15,18). The molecule has 1 aliphatic rings. The largest absolute Gasteiger partial charge is 0.396 e. The molecule has 0 radical (unpaired) electrons. The van der Waals surface area contributed by atoms with Gasteiger partial charge >= 0.3 is 0 Å². The predicted octanol–water partition coefficient (Wildman–Crippen LogP) is 0.234. The number of nitrogen functional groups attached to an aromatic ring is 1. The average molecular weight is 291 g/mol. The first-order valence-corrected chi connectivity index (χ1v) is 6.99. The van der Waals surface area contributed by atoms with Crippen LogP contribution >= 0.6 is 11.3 Å². The number of thiophene rings is 1. The summed E-state index contributed by atoms with van der Waals surface area (Å²) < 4.78 is 0. The lowest BCUT2D eigenvalue weighted by atomic mass is 10.2. The summed E-state index contributed by atoms with van der Waals surface area (Å²) in [5.41, 5.74) is 6.86. The lowest BCUT2D eigenvalue weighted by molar-refractivity contribution is -0.127. The Labute approximate surface area is 118 Å². The summed E-state index contributed by atoms with van der Waals surface area (Å²) in [5.74, 6) is -0.393. The van der Waals surface area contributed by atoms with Crippen LogP contribution in [-0.4, -0.2) is 45.8 Å². The maximum absolute atomic E-state index is 12.6. The minimum Gasteiger partial charge on any atom is -0.396 e. The van der Waals surface area contributed by atoms with Crippen LogP contribution in [0.2, 0.25) is 0 Å². The number of nitrogens with two attached hydrogens (primary N) is 1. The molecule has 1 atom stereocenters. The Hall–Kier alpha value is -2.22. The number of amides is 2. The highest BCUT2D eigenvalue weighted by atomic mass is 32.1. The highest BCUT2D eigenvalue weighted by Gasteiger charge is 2.32. The number of rotatable bonds is 1. The fourth-order valence-electron chi connectivity index (χ4n) is 2.19. The van der Waals surface area contributed by atoms with Gasteiger partial charge in [0.1, 0.15) is 21.3 Å². The van der Waals surface area contributed by atoms with Crippen molar-refractivity contribution >= 4 is 39.2 Å². The highest BCUT2D eigenvalue weighted by molar-refractivity contribution is 7.21. The quantitative estimate of drug-likeness (QED) is 0.783. The van der Waals surface area contributed by atoms with Crippen LogP contribution in [0.15, 0.2) is 12.4 Å². The summed E-state index contributed by atoms with van der Waals surface area (Å²) in [4.78, 5) is 35.0. The maximum Gasteiger partial charge on any atom is 0.266 e. The predicted molar refractivity (Wildman–Crippen MR) is 75.3 cm³/mol.